The molecule has 29 heavy (non-hydrogen) atoms. The summed E-state index contributed by atoms with van der Waals surface area (Å²) in [5.74, 6) is 1.39. The fourth-order valence-corrected chi connectivity index (χ4v) is 5.75. The summed E-state index contributed by atoms with van der Waals surface area (Å²) in [6.07, 6.45) is 0.942. The number of carbonyl (C=O) groups excluding carboxylic acids is 2. The van der Waals surface area contributed by atoms with Crippen molar-refractivity contribution in [3.05, 3.63) is 35.9 Å². The van der Waals surface area contributed by atoms with Gasteiger partial charge in [-0.3, -0.25) is 14.5 Å². The summed E-state index contributed by atoms with van der Waals surface area (Å²) in [6.45, 7) is 12.4. The lowest BCUT2D eigenvalue weighted by Gasteiger charge is -2.38. The third-order valence-corrected chi connectivity index (χ3v) is 7.04. The largest absolute Gasteiger partial charge is 0.338 e. The molecule has 2 atom stereocenters. The predicted molar refractivity (Wildman–Crippen MR) is 119 cm³/mol. The molecule has 0 radical (unpaired) electrons. The Kier molecular flexibility index (Phi) is 7.63. The molecule has 6 heteroatoms. The predicted octanol–water partition coefficient (Wildman–Crippen LogP) is 3.30. The first-order valence-corrected chi connectivity index (χ1v) is 11.9. The van der Waals surface area contributed by atoms with Crippen LogP contribution in [0.4, 0.5) is 0 Å². The zero-order valence-corrected chi connectivity index (χ0v) is 19.0. The van der Waals surface area contributed by atoms with Crippen molar-refractivity contribution in [3.63, 3.8) is 0 Å². The van der Waals surface area contributed by atoms with Crippen LogP contribution in [-0.4, -0.2) is 69.9 Å². The van der Waals surface area contributed by atoms with Gasteiger partial charge in [0.15, 0.2) is 0 Å². The molecular weight excluding hydrogens is 382 g/mol. The van der Waals surface area contributed by atoms with Crippen LogP contribution in [0.15, 0.2) is 30.3 Å². The molecule has 2 fully saturated rings. The van der Waals surface area contributed by atoms with Crippen LogP contribution in [0.25, 0.3) is 0 Å². The number of hydrogen-bond donors (Lipinski definition) is 0. The molecule has 1 aromatic rings. The molecule has 160 valence electrons. The van der Waals surface area contributed by atoms with Crippen LogP contribution in [-0.2, 0) is 16.1 Å². The first-order chi connectivity index (χ1) is 13.9. The monoisotopic (exact) mass is 417 g/mol. The molecule has 2 saturated heterocycles. The second kappa shape index (κ2) is 9.98. The number of hydrogen-bond acceptors (Lipinski definition) is 4. The van der Waals surface area contributed by atoms with E-state index in [1.54, 1.807) is 11.8 Å². The third-order valence-electron chi connectivity index (χ3n) is 5.73. The minimum Gasteiger partial charge on any atom is -0.338 e. The van der Waals surface area contributed by atoms with Gasteiger partial charge in [0.1, 0.15) is 6.04 Å². The summed E-state index contributed by atoms with van der Waals surface area (Å²) in [4.78, 5) is 32.5. The smallest absolute Gasteiger partial charge is 0.246 e. The number of rotatable bonds is 6. The normalized spacial score (nSPS) is 23.2. The molecule has 3 rings (SSSR count). The lowest BCUT2D eigenvalue weighted by Crippen LogP contribution is -2.56. The Hall–Kier alpha value is -1.53. The number of nitrogens with zero attached hydrogens (tertiary/aromatic N) is 3. The third kappa shape index (κ3) is 5.54. The van der Waals surface area contributed by atoms with Gasteiger partial charge in [-0.1, -0.05) is 58.0 Å². The second-order valence-corrected chi connectivity index (χ2v) is 10.1. The van der Waals surface area contributed by atoms with Crippen LogP contribution in [0.1, 0.15) is 39.7 Å². The summed E-state index contributed by atoms with van der Waals surface area (Å²) in [5, 5.41) is 0.123. The van der Waals surface area contributed by atoms with E-state index < -0.39 is 0 Å². The average Bonchev–Trinajstić information content (AvgIpc) is 3.10. The zero-order valence-electron chi connectivity index (χ0n) is 18.2. The summed E-state index contributed by atoms with van der Waals surface area (Å²) >= 11 is 1.77. The molecule has 5 nitrogen and oxygen atoms in total. The van der Waals surface area contributed by atoms with Gasteiger partial charge >= 0.3 is 0 Å². The maximum absolute atomic E-state index is 13.3. The Balaban J connectivity index is 1.61. The summed E-state index contributed by atoms with van der Waals surface area (Å²) in [7, 11) is 0. The Morgan fingerprint density at radius 2 is 1.69 bits per heavy atom. The van der Waals surface area contributed by atoms with E-state index in [-0.39, 0.29) is 29.1 Å². The van der Waals surface area contributed by atoms with E-state index in [2.05, 4.69) is 43.0 Å². The van der Waals surface area contributed by atoms with Crippen molar-refractivity contribution in [1.29, 1.82) is 0 Å². The maximum atomic E-state index is 13.3. The number of piperazine rings is 1. The molecule has 2 heterocycles. The molecular formula is C23H35N3O2S. The van der Waals surface area contributed by atoms with Crippen molar-refractivity contribution in [3.8, 4) is 0 Å². The number of carbonyl (C=O) groups is 2. The van der Waals surface area contributed by atoms with Crippen molar-refractivity contribution < 1.29 is 9.59 Å². The molecule has 0 N–H and O–H groups in total. The van der Waals surface area contributed by atoms with Crippen molar-refractivity contribution >= 4 is 23.6 Å². The lowest BCUT2D eigenvalue weighted by molar-refractivity contribution is -0.147. The highest BCUT2D eigenvalue weighted by Gasteiger charge is 2.43. The van der Waals surface area contributed by atoms with E-state index in [9.17, 15) is 9.59 Å². The SMILES string of the molecule is CC(C)CC1SCC(C(=O)N2CCN(Cc3ccccc3)CC2)N1C(=O)C(C)C. The van der Waals surface area contributed by atoms with Crippen molar-refractivity contribution in [2.24, 2.45) is 11.8 Å². The van der Waals surface area contributed by atoms with E-state index in [0.29, 0.717) is 5.92 Å². The number of thioether (sulfide) groups is 1. The topological polar surface area (TPSA) is 43.9 Å². The van der Waals surface area contributed by atoms with Crippen LogP contribution in [0, 0.1) is 11.8 Å². The summed E-state index contributed by atoms with van der Waals surface area (Å²) in [6, 6.07) is 10.2. The molecule has 0 aliphatic carbocycles. The van der Waals surface area contributed by atoms with E-state index in [1.165, 1.54) is 5.56 Å². The molecule has 0 bridgehead atoms. The molecule has 2 aliphatic heterocycles. The first kappa shape index (κ1) is 22.2. The van der Waals surface area contributed by atoms with Gasteiger partial charge in [-0.15, -0.1) is 11.8 Å². The van der Waals surface area contributed by atoms with Gasteiger partial charge in [0, 0.05) is 44.4 Å². The second-order valence-electron chi connectivity index (χ2n) is 8.92. The fraction of sp³-hybridized carbons (Fsp3) is 0.652. The van der Waals surface area contributed by atoms with Gasteiger partial charge in [0.05, 0.1) is 5.37 Å². The van der Waals surface area contributed by atoms with E-state index in [0.717, 1.165) is 44.9 Å². The number of amides is 2. The maximum Gasteiger partial charge on any atom is 0.246 e. The van der Waals surface area contributed by atoms with Gasteiger partial charge in [-0.25, -0.2) is 0 Å². The zero-order chi connectivity index (χ0) is 21.0. The average molecular weight is 418 g/mol. The van der Waals surface area contributed by atoms with Crippen molar-refractivity contribution in [2.45, 2.75) is 52.1 Å². The summed E-state index contributed by atoms with van der Waals surface area (Å²) in [5.41, 5.74) is 1.31. The standard InChI is InChI=1S/C23H35N3O2S/c1-17(2)14-21-26(22(27)18(3)4)20(16-29-21)23(28)25-12-10-24(11-13-25)15-19-8-6-5-7-9-19/h5-9,17-18,20-21H,10-16H2,1-4H3. The van der Waals surface area contributed by atoms with E-state index in [1.807, 2.05) is 29.7 Å². The van der Waals surface area contributed by atoms with Gasteiger partial charge in [0.2, 0.25) is 11.8 Å². The molecule has 0 spiro atoms. The van der Waals surface area contributed by atoms with Gasteiger partial charge in [0.25, 0.3) is 0 Å². The fourth-order valence-electron chi connectivity index (χ4n) is 4.11. The molecule has 2 unspecified atom stereocenters. The molecule has 1 aromatic carbocycles. The Labute approximate surface area is 179 Å². The van der Waals surface area contributed by atoms with Gasteiger partial charge < -0.3 is 9.80 Å². The quantitative estimate of drug-likeness (QED) is 0.712. The Bertz CT molecular complexity index is 687. The minimum atomic E-state index is -0.306. The van der Waals surface area contributed by atoms with Gasteiger partial charge in [-0.05, 0) is 17.9 Å². The molecule has 2 aliphatic rings. The van der Waals surface area contributed by atoms with Gasteiger partial charge in [-0.2, -0.15) is 0 Å². The van der Waals surface area contributed by atoms with Crippen LogP contribution >= 0.6 is 11.8 Å². The van der Waals surface area contributed by atoms with Crippen LogP contribution in [0.2, 0.25) is 0 Å². The van der Waals surface area contributed by atoms with Crippen molar-refractivity contribution in [2.75, 3.05) is 31.9 Å². The van der Waals surface area contributed by atoms with Crippen LogP contribution in [0.3, 0.4) is 0 Å². The molecule has 0 saturated carbocycles. The summed E-state index contributed by atoms with van der Waals surface area (Å²) < 4.78 is 0. The van der Waals surface area contributed by atoms with Crippen LogP contribution in [0.5, 0.6) is 0 Å². The lowest BCUT2D eigenvalue weighted by atomic mass is 10.1. The van der Waals surface area contributed by atoms with Crippen molar-refractivity contribution in [1.82, 2.24) is 14.7 Å². The minimum absolute atomic E-state index is 0.0821. The Morgan fingerprint density at radius 3 is 2.28 bits per heavy atom. The van der Waals surface area contributed by atoms with E-state index >= 15 is 0 Å². The first-order valence-electron chi connectivity index (χ1n) is 10.9. The molecule has 2 amide bonds. The highest BCUT2D eigenvalue weighted by molar-refractivity contribution is 8.00. The number of benzene rings is 1. The molecule has 0 aromatic heterocycles. The Morgan fingerprint density at radius 1 is 1.03 bits per heavy atom. The van der Waals surface area contributed by atoms with E-state index in [4.69, 9.17) is 0 Å². The highest BCUT2D eigenvalue weighted by Crippen LogP contribution is 2.35. The van der Waals surface area contributed by atoms with Crippen LogP contribution < -0.4 is 0 Å². The highest BCUT2D eigenvalue weighted by atomic mass is 32.2.